The molecule has 0 aromatic heterocycles. The molecule has 256 valence electrons. The second-order valence-corrected chi connectivity index (χ2v) is 13.6. The van der Waals surface area contributed by atoms with E-state index < -0.39 is 0 Å². The van der Waals surface area contributed by atoms with E-state index in [1.54, 1.807) is 28.4 Å². The van der Waals surface area contributed by atoms with Gasteiger partial charge >= 0.3 is 0 Å². The molecule has 48 heavy (non-hydrogen) atoms. The molecule has 8 bridgehead atoms. The Hall–Kier alpha value is -3.92. The molecule has 0 N–H and O–H groups in total. The van der Waals surface area contributed by atoms with Gasteiger partial charge in [-0.15, -0.1) is 0 Å². The number of methoxy groups -OCH3 is 4. The molecule has 1 aliphatic carbocycles. The van der Waals surface area contributed by atoms with Gasteiger partial charge in [0.15, 0.2) is 0 Å². The van der Waals surface area contributed by atoms with Gasteiger partial charge in [0, 0.05) is 52.0 Å². The van der Waals surface area contributed by atoms with Gasteiger partial charge in [-0.3, -0.25) is 0 Å². The summed E-state index contributed by atoms with van der Waals surface area (Å²) >= 11 is 0. The molecule has 0 saturated carbocycles. The number of fused-ring (bicyclic) bond motifs is 8. The van der Waals surface area contributed by atoms with Gasteiger partial charge < -0.3 is 18.9 Å². The van der Waals surface area contributed by atoms with Crippen LogP contribution < -0.4 is 18.9 Å². The van der Waals surface area contributed by atoms with Crippen molar-refractivity contribution in [1.29, 1.82) is 0 Å². The fourth-order valence-electron chi connectivity index (χ4n) is 8.64. The molecule has 4 atom stereocenters. The van der Waals surface area contributed by atoms with E-state index >= 15 is 0 Å². The van der Waals surface area contributed by atoms with Crippen molar-refractivity contribution in [3.63, 3.8) is 0 Å². The first-order valence-electron chi connectivity index (χ1n) is 17.8. The first kappa shape index (κ1) is 35.4. The molecule has 0 heterocycles. The van der Waals surface area contributed by atoms with E-state index in [9.17, 15) is 0 Å². The number of benzene rings is 4. The molecule has 4 nitrogen and oxygen atoms in total. The van der Waals surface area contributed by atoms with Crippen LogP contribution in [-0.4, -0.2) is 28.4 Å². The monoisotopic (exact) mass is 648 g/mol. The third kappa shape index (κ3) is 6.08. The van der Waals surface area contributed by atoms with Gasteiger partial charge in [0.05, 0.1) is 28.4 Å². The van der Waals surface area contributed by atoms with Gasteiger partial charge in [0.2, 0.25) is 0 Å². The third-order valence-electron chi connectivity index (χ3n) is 11.1. The normalized spacial score (nSPS) is 18.8. The van der Waals surface area contributed by atoms with Crippen LogP contribution in [0.5, 0.6) is 23.0 Å². The second kappa shape index (κ2) is 14.7. The molecule has 0 saturated heterocycles. The van der Waals surface area contributed by atoms with E-state index in [2.05, 4.69) is 104 Å². The van der Waals surface area contributed by atoms with Crippen molar-refractivity contribution in [2.75, 3.05) is 28.4 Å². The highest BCUT2D eigenvalue weighted by Gasteiger charge is 2.31. The van der Waals surface area contributed by atoms with E-state index in [-0.39, 0.29) is 23.7 Å². The van der Waals surface area contributed by atoms with E-state index in [4.69, 9.17) is 18.9 Å². The fraction of sp³-hybridized carbons (Fsp3) is 0.455. The van der Waals surface area contributed by atoms with Crippen molar-refractivity contribution in [3.05, 3.63) is 115 Å². The van der Waals surface area contributed by atoms with Gasteiger partial charge in [-0.1, -0.05) is 52.0 Å². The van der Waals surface area contributed by atoms with Crippen molar-refractivity contribution in [2.45, 2.75) is 105 Å². The number of ether oxygens (including phenoxy) is 4. The lowest BCUT2D eigenvalue weighted by molar-refractivity contribution is 0.381. The molecule has 0 spiro atoms. The Balaban J connectivity index is 1.98. The molecule has 0 fully saturated rings. The molecular weight excluding hydrogens is 592 g/mol. The van der Waals surface area contributed by atoms with E-state index in [0.29, 0.717) is 0 Å². The van der Waals surface area contributed by atoms with E-state index in [1.807, 2.05) is 0 Å². The van der Waals surface area contributed by atoms with Crippen LogP contribution in [0.2, 0.25) is 0 Å². The summed E-state index contributed by atoms with van der Waals surface area (Å²) in [4.78, 5) is 0. The Labute approximate surface area is 289 Å². The van der Waals surface area contributed by atoms with Crippen molar-refractivity contribution < 1.29 is 18.9 Å². The van der Waals surface area contributed by atoms with Gasteiger partial charge in [0.1, 0.15) is 23.0 Å². The summed E-state index contributed by atoms with van der Waals surface area (Å²) in [6.45, 7) is 18.2. The quantitative estimate of drug-likeness (QED) is 0.190. The first-order chi connectivity index (χ1) is 23.1. The van der Waals surface area contributed by atoms with Gasteiger partial charge in [0.25, 0.3) is 0 Å². The minimum Gasteiger partial charge on any atom is -0.496 e. The molecule has 4 aromatic carbocycles. The average Bonchev–Trinajstić information content (AvgIpc) is 3.09. The zero-order valence-electron chi connectivity index (χ0n) is 31.4. The highest BCUT2D eigenvalue weighted by atomic mass is 16.5. The molecule has 0 amide bonds. The van der Waals surface area contributed by atoms with Crippen molar-refractivity contribution in [3.8, 4) is 23.0 Å². The van der Waals surface area contributed by atoms with Gasteiger partial charge in [-0.05, 0) is 116 Å². The zero-order valence-corrected chi connectivity index (χ0v) is 31.4. The predicted molar refractivity (Wildman–Crippen MR) is 199 cm³/mol. The van der Waals surface area contributed by atoms with Crippen LogP contribution >= 0.6 is 0 Å². The predicted octanol–water partition coefficient (Wildman–Crippen LogP) is 11.4. The number of rotatable bonds is 8. The highest BCUT2D eigenvalue weighted by molar-refractivity contribution is 5.60. The fourth-order valence-corrected chi connectivity index (χ4v) is 8.64. The Bertz CT molecular complexity index is 1660. The summed E-state index contributed by atoms with van der Waals surface area (Å²) in [7, 11) is 7.11. The SMILES string of the molecule is CC[C@@H]1c2cc(c(C)cc2C)[C@H](CC)c2cc(c(OC)cc2C)[C@H](CC)c2cc(c(OC)cc2OC)[C@H](CC)c2cc1c(C)cc2OC. The molecule has 0 aliphatic heterocycles. The van der Waals surface area contributed by atoms with Crippen LogP contribution in [0, 0.1) is 27.7 Å². The lowest BCUT2D eigenvalue weighted by atomic mass is 9.75. The largest absolute Gasteiger partial charge is 0.496 e. The minimum absolute atomic E-state index is 0.0523. The summed E-state index contributed by atoms with van der Waals surface area (Å²) in [5.74, 6) is 4.11. The minimum atomic E-state index is 0.0523. The number of aryl methyl sites for hydroxylation is 4. The molecule has 4 heteroatoms. The number of hydrogen-bond donors (Lipinski definition) is 0. The Kier molecular flexibility index (Phi) is 10.8. The van der Waals surface area contributed by atoms with Crippen molar-refractivity contribution in [1.82, 2.24) is 0 Å². The van der Waals surface area contributed by atoms with E-state index in [1.165, 1.54) is 55.6 Å². The Morgan fingerprint density at radius 2 is 0.562 bits per heavy atom. The van der Waals surface area contributed by atoms with Crippen LogP contribution in [0.4, 0.5) is 0 Å². The van der Waals surface area contributed by atoms with Crippen LogP contribution in [0.3, 0.4) is 0 Å². The zero-order chi connectivity index (χ0) is 34.9. The maximum absolute atomic E-state index is 6.15. The lowest BCUT2D eigenvalue weighted by Gasteiger charge is -2.30. The average molecular weight is 649 g/mol. The maximum atomic E-state index is 6.15. The smallest absolute Gasteiger partial charge is 0.126 e. The van der Waals surface area contributed by atoms with E-state index in [0.717, 1.165) is 59.8 Å². The lowest BCUT2D eigenvalue weighted by Crippen LogP contribution is -2.14. The second-order valence-electron chi connectivity index (χ2n) is 13.6. The summed E-state index contributed by atoms with van der Waals surface area (Å²) in [6.07, 6.45) is 3.78. The molecule has 0 unspecified atom stereocenters. The highest BCUT2D eigenvalue weighted by Crippen LogP contribution is 2.49. The maximum Gasteiger partial charge on any atom is 0.126 e. The van der Waals surface area contributed by atoms with Crippen LogP contribution in [0.1, 0.15) is 144 Å². The molecular formula is C44H56O4. The van der Waals surface area contributed by atoms with Crippen molar-refractivity contribution >= 4 is 0 Å². The first-order valence-corrected chi connectivity index (χ1v) is 17.8. The number of hydrogen-bond acceptors (Lipinski definition) is 4. The Morgan fingerprint density at radius 3 is 0.854 bits per heavy atom. The molecule has 1 aliphatic rings. The summed E-state index contributed by atoms with van der Waals surface area (Å²) in [5, 5.41) is 0. The standard InChI is InChI=1S/C44H56O4/c1-13-29-33-20-34(26(6)17-25(33)5)30(14-2)36-22-38(42(46-10)19-28(36)8)32(16-4)40-23-39(43(47-11)24-44(40)48-12)31(15-3)37-21-35(29)27(7)18-41(37)45-9/h17-24,29-32H,13-16H2,1-12H3/t29-,30+,31-,32+. The van der Waals surface area contributed by atoms with Gasteiger partial charge in [-0.25, -0.2) is 0 Å². The third-order valence-corrected chi connectivity index (χ3v) is 11.1. The van der Waals surface area contributed by atoms with Crippen LogP contribution in [0.15, 0.2) is 48.5 Å². The molecule has 4 aromatic rings. The van der Waals surface area contributed by atoms with Gasteiger partial charge in [-0.2, -0.15) is 0 Å². The van der Waals surface area contributed by atoms with Crippen LogP contribution in [0.25, 0.3) is 0 Å². The van der Waals surface area contributed by atoms with Crippen LogP contribution in [-0.2, 0) is 0 Å². The molecule has 5 rings (SSSR count). The van der Waals surface area contributed by atoms with Crippen molar-refractivity contribution in [2.24, 2.45) is 0 Å². The topological polar surface area (TPSA) is 36.9 Å². The Morgan fingerprint density at radius 1 is 0.333 bits per heavy atom. The summed E-state index contributed by atoms with van der Waals surface area (Å²) < 4.78 is 24.5. The summed E-state index contributed by atoms with van der Waals surface area (Å²) in [5.41, 5.74) is 15.5. The summed E-state index contributed by atoms with van der Waals surface area (Å²) in [6, 6.07) is 18.8. The molecule has 0 radical (unpaired) electrons.